The van der Waals surface area contributed by atoms with E-state index in [1.165, 1.54) is 0 Å². The van der Waals surface area contributed by atoms with Crippen molar-refractivity contribution >= 4 is 23.2 Å². The van der Waals surface area contributed by atoms with Crippen LogP contribution >= 0.6 is 11.6 Å². The summed E-state index contributed by atoms with van der Waals surface area (Å²) in [6, 6.07) is 22.6. The number of anilines is 1. The number of aromatic nitrogens is 1. The van der Waals surface area contributed by atoms with Gasteiger partial charge in [0.25, 0.3) is 5.91 Å². The second kappa shape index (κ2) is 7.94. The van der Waals surface area contributed by atoms with Gasteiger partial charge in [-0.3, -0.25) is 4.79 Å². The van der Waals surface area contributed by atoms with Crippen molar-refractivity contribution in [3.05, 3.63) is 94.5 Å². The molecule has 5 heteroatoms. The molecule has 0 atom stereocenters. The third kappa shape index (κ3) is 3.80. The van der Waals surface area contributed by atoms with Crippen molar-refractivity contribution in [2.75, 3.05) is 5.32 Å². The predicted molar refractivity (Wildman–Crippen MR) is 116 cm³/mol. The second-order valence-electron chi connectivity index (χ2n) is 6.85. The number of aryl methyl sites for hydroxylation is 2. The van der Waals surface area contributed by atoms with E-state index in [0.29, 0.717) is 33.3 Å². The van der Waals surface area contributed by atoms with Gasteiger partial charge in [0.1, 0.15) is 11.3 Å². The molecule has 0 unspecified atom stereocenters. The smallest absolute Gasteiger partial charge is 0.261 e. The summed E-state index contributed by atoms with van der Waals surface area (Å²) in [5, 5.41) is 7.71. The van der Waals surface area contributed by atoms with Crippen LogP contribution in [0.1, 0.15) is 21.5 Å². The fourth-order valence-corrected chi connectivity index (χ4v) is 3.53. The second-order valence-corrected chi connectivity index (χ2v) is 7.26. The topological polar surface area (TPSA) is 55.1 Å². The van der Waals surface area contributed by atoms with E-state index < -0.39 is 0 Å². The van der Waals surface area contributed by atoms with Gasteiger partial charge < -0.3 is 9.84 Å². The lowest BCUT2D eigenvalue weighted by Crippen LogP contribution is -2.13. The van der Waals surface area contributed by atoms with Gasteiger partial charge >= 0.3 is 0 Å². The lowest BCUT2D eigenvalue weighted by Gasteiger charge is -2.10. The number of nitrogens with zero attached hydrogens (tertiary/aromatic N) is 1. The standard InChI is InChI=1S/C24H19ClN2O2/c1-15-11-13-18(14-12-15)26-24(28)21-22(20-16(2)7-6-10-19(20)25)27-29-23(21)17-8-4-3-5-9-17/h3-14H,1-2H3,(H,26,28). The number of rotatable bonds is 4. The molecule has 0 bridgehead atoms. The molecule has 4 aromatic rings. The lowest BCUT2D eigenvalue weighted by molar-refractivity contribution is 0.102. The Bertz CT molecular complexity index is 1150. The number of hydrogen-bond acceptors (Lipinski definition) is 3. The summed E-state index contributed by atoms with van der Waals surface area (Å²) in [5.41, 5.74) is 4.96. The molecule has 0 aliphatic heterocycles. The molecule has 1 aromatic heterocycles. The molecule has 1 heterocycles. The van der Waals surface area contributed by atoms with E-state index in [-0.39, 0.29) is 5.91 Å². The summed E-state index contributed by atoms with van der Waals surface area (Å²) in [4.78, 5) is 13.3. The first-order valence-corrected chi connectivity index (χ1v) is 9.61. The average Bonchev–Trinajstić information content (AvgIpc) is 3.15. The Morgan fingerprint density at radius 3 is 2.34 bits per heavy atom. The highest BCUT2D eigenvalue weighted by atomic mass is 35.5. The van der Waals surface area contributed by atoms with Crippen LogP contribution in [-0.4, -0.2) is 11.1 Å². The molecule has 1 amide bonds. The Labute approximate surface area is 174 Å². The van der Waals surface area contributed by atoms with Gasteiger partial charge in [-0.05, 0) is 37.6 Å². The van der Waals surface area contributed by atoms with Crippen molar-refractivity contribution < 1.29 is 9.32 Å². The predicted octanol–water partition coefficient (Wildman–Crippen LogP) is 6.53. The van der Waals surface area contributed by atoms with E-state index in [0.717, 1.165) is 16.7 Å². The number of carbonyl (C=O) groups is 1. The molecule has 4 rings (SSSR count). The van der Waals surface area contributed by atoms with Crippen LogP contribution in [0.3, 0.4) is 0 Å². The molecule has 0 aliphatic carbocycles. The summed E-state index contributed by atoms with van der Waals surface area (Å²) < 4.78 is 5.65. The van der Waals surface area contributed by atoms with Crippen molar-refractivity contribution in [1.29, 1.82) is 0 Å². The van der Waals surface area contributed by atoms with Crippen LogP contribution in [0.25, 0.3) is 22.6 Å². The monoisotopic (exact) mass is 402 g/mol. The maximum Gasteiger partial charge on any atom is 0.261 e. The van der Waals surface area contributed by atoms with E-state index in [2.05, 4.69) is 10.5 Å². The fraction of sp³-hybridized carbons (Fsp3) is 0.0833. The zero-order chi connectivity index (χ0) is 20.4. The molecule has 144 valence electrons. The number of halogens is 1. The highest BCUT2D eigenvalue weighted by Gasteiger charge is 2.27. The summed E-state index contributed by atoms with van der Waals surface area (Å²) >= 11 is 6.46. The zero-order valence-electron chi connectivity index (χ0n) is 16.1. The van der Waals surface area contributed by atoms with Crippen LogP contribution in [0, 0.1) is 13.8 Å². The first-order valence-electron chi connectivity index (χ1n) is 9.23. The molecular weight excluding hydrogens is 384 g/mol. The van der Waals surface area contributed by atoms with Crippen LogP contribution in [0.2, 0.25) is 5.02 Å². The highest BCUT2D eigenvalue weighted by Crippen LogP contribution is 2.37. The molecule has 1 N–H and O–H groups in total. The Morgan fingerprint density at radius 2 is 1.66 bits per heavy atom. The normalized spacial score (nSPS) is 10.7. The third-order valence-electron chi connectivity index (χ3n) is 4.72. The van der Waals surface area contributed by atoms with Gasteiger partial charge in [-0.15, -0.1) is 0 Å². The quantitative estimate of drug-likeness (QED) is 0.422. The minimum atomic E-state index is -0.303. The van der Waals surface area contributed by atoms with Gasteiger partial charge in [0.2, 0.25) is 0 Å². The number of benzene rings is 3. The summed E-state index contributed by atoms with van der Waals surface area (Å²) in [5.74, 6) is 0.104. The van der Waals surface area contributed by atoms with Gasteiger partial charge in [-0.25, -0.2) is 0 Å². The maximum atomic E-state index is 13.3. The number of nitrogens with one attached hydrogen (secondary N) is 1. The molecule has 29 heavy (non-hydrogen) atoms. The minimum absolute atomic E-state index is 0.303. The molecule has 0 spiro atoms. The van der Waals surface area contributed by atoms with Crippen molar-refractivity contribution in [3.8, 4) is 22.6 Å². The largest absolute Gasteiger partial charge is 0.355 e. The first kappa shape index (κ1) is 19.0. The van der Waals surface area contributed by atoms with Gasteiger partial charge in [-0.2, -0.15) is 0 Å². The first-order chi connectivity index (χ1) is 14.0. The van der Waals surface area contributed by atoms with Crippen LogP contribution < -0.4 is 5.32 Å². The van der Waals surface area contributed by atoms with Gasteiger partial charge in [0.15, 0.2) is 5.76 Å². The maximum absolute atomic E-state index is 13.3. The van der Waals surface area contributed by atoms with Crippen LogP contribution in [0.5, 0.6) is 0 Å². The number of carbonyl (C=O) groups excluding carboxylic acids is 1. The van der Waals surface area contributed by atoms with Crippen LogP contribution in [0.4, 0.5) is 5.69 Å². The number of amides is 1. The molecule has 0 saturated carbocycles. The van der Waals surface area contributed by atoms with E-state index in [4.69, 9.17) is 16.1 Å². The summed E-state index contributed by atoms with van der Waals surface area (Å²) in [6.45, 7) is 3.93. The van der Waals surface area contributed by atoms with Crippen molar-refractivity contribution in [2.24, 2.45) is 0 Å². The SMILES string of the molecule is Cc1ccc(NC(=O)c2c(-c3c(C)cccc3Cl)noc2-c2ccccc2)cc1. The molecular formula is C24H19ClN2O2. The molecule has 0 radical (unpaired) electrons. The van der Waals surface area contributed by atoms with Gasteiger partial charge in [0.05, 0.1) is 5.02 Å². The van der Waals surface area contributed by atoms with E-state index in [1.807, 2.05) is 80.6 Å². The fourth-order valence-electron chi connectivity index (χ4n) is 3.22. The molecule has 0 fully saturated rings. The lowest BCUT2D eigenvalue weighted by atomic mass is 9.98. The molecule has 4 nitrogen and oxygen atoms in total. The minimum Gasteiger partial charge on any atom is -0.355 e. The van der Waals surface area contributed by atoms with E-state index in [9.17, 15) is 4.79 Å². The Kier molecular flexibility index (Phi) is 5.19. The van der Waals surface area contributed by atoms with Crippen molar-refractivity contribution in [3.63, 3.8) is 0 Å². The summed E-state index contributed by atoms with van der Waals surface area (Å²) in [7, 11) is 0. The summed E-state index contributed by atoms with van der Waals surface area (Å²) in [6.07, 6.45) is 0. The van der Waals surface area contributed by atoms with Crippen LogP contribution in [0.15, 0.2) is 77.3 Å². The van der Waals surface area contributed by atoms with E-state index >= 15 is 0 Å². The van der Waals surface area contributed by atoms with Crippen LogP contribution in [-0.2, 0) is 0 Å². The molecule has 0 saturated heterocycles. The third-order valence-corrected chi connectivity index (χ3v) is 5.04. The average molecular weight is 403 g/mol. The Balaban J connectivity index is 1.86. The molecule has 3 aromatic carbocycles. The van der Waals surface area contributed by atoms with E-state index in [1.54, 1.807) is 6.07 Å². The van der Waals surface area contributed by atoms with Crippen molar-refractivity contribution in [2.45, 2.75) is 13.8 Å². The number of hydrogen-bond donors (Lipinski definition) is 1. The van der Waals surface area contributed by atoms with Crippen molar-refractivity contribution in [1.82, 2.24) is 5.16 Å². The van der Waals surface area contributed by atoms with Gasteiger partial charge in [-0.1, -0.05) is 76.9 Å². The highest BCUT2D eigenvalue weighted by molar-refractivity contribution is 6.33. The Hall–Kier alpha value is -3.37. The zero-order valence-corrected chi connectivity index (χ0v) is 16.8. The Morgan fingerprint density at radius 1 is 0.931 bits per heavy atom. The molecule has 0 aliphatic rings. The van der Waals surface area contributed by atoms with Gasteiger partial charge in [0, 0.05) is 16.8 Å².